The first kappa shape index (κ1) is 44.0. The van der Waals surface area contributed by atoms with Gasteiger partial charge in [0.05, 0.1) is 16.4 Å². The van der Waals surface area contributed by atoms with Crippen LogP contribution in [0.1, 0.15) is 22.3 Å². The molecule has 0 N–H and O–H groups in total. The van der Waals surface area contributed by atoms with E-state index in [0.717, 1.165) is 28.3 Å². The van der Waals surface area contributed by atoms with Crippen molar-refractivity contribution in [2.45, 2.75) is 5.41 Å². The molecule has 15 rings (SSSR count). The molecule has 1 aliphatic rings. The van der Waals surface area contributed by atoms with Crippen molar-refractivity contribution >= 4 is 70.4 Å². The number of nitrogens with zero attached hydrogens (tertiary/aromatic N) is 2. The van der Waals surface area contributed by atoms with Crippen LogP contribution in [0.3, 0.4) is 0 Å². The Morgan fingerprint density at radius 2 is 0.803 bits per heavy atom. The minimum Gasteiger partial charge on any atom is -0.310 e. The van der Waals surface area contributed by atoms with Gasteiger partial charge in [-0.05, 0) is 140 Å². The molecule has 2 heterocycles. The van der Waals surface area contributed by atoms with Gasteiger partial charge in [0.15, 0.2) is 0 Å². The molecule has 2 nitrogen and oxygen atoms in total. The summed E-state index contributed by atoms with van der Waals surface area (Å²) in [6.45, 7) is 0. The lowest BCUT2D eigenvalue weighted by Crippen LogP contribution is -2.28. The molecule has 0 spiro atoms. The third kappa shape index (κ3) is 6.94. The Morgan fingerprint density at radius 1 is 0.303 bits per heavy atom. The van der Waals surface area contributed by atoms with E-state index < -0.39 is 5.41 Å². The van der Waals surface area contributed by atoms with E-state index in [2.05, 4.69) is 301 Å². The molecule has 0 saturated carbocycles. The largest absolute Gasteiger partial charge is 0.310 e. The van der Waals surface area contributed by atoms with Crippen molar-refractivity contribution in [2.75, 3.05) is 4.90 Å². The van der Waals surface area contributed by atoms with Gasteiger partial charge >= 0.3 is 0 Å². The molecule has 0 saturated heterocycles. The molecule has 14 aromatic rings. The van der Waals surface area contributed by atoms with Crippen molar-refractivity contribution in [3.05, 3.63) is 313 Å². The molecule has 0 radical (unpaired) electrons. The summed E-state index contributed by atoms with van der Waals surface area (Å²) in [7, 11) is 0. The first-order valence-corrected chi connectivity index (χ1v) is 27.0. The number of anilines is 3. The molecule has 76 heavy (non-hydrogen) atoms. The number of aromatic nitrogens is 1. The Bertz CT molecular complexity index is 4420. The van der Waals surface area contributed by atoms with Gasteiger partial charge in [-0.2, -0.15) is 0 Å². The molecule has 12 aromatic carbocycles. The fourth-order valence-electron chi connectivity index (χ4n) is 12.5. The molecule has 356 valence electrons. The Morgan fingerprint density at radius 3 is 1.49 bits per heavy atom. The number of rotatable bonds is 9. The standard InChI is InChI=1S/C73H48N2S/c1-3-21-54(22-4-1)73(55-23-5-2-6-24-55)67-32-11-7-26-61(67)66-48-59(44-45-68(66)73)74(56-40-36-49(37-41-56)51-18-15-20-53(46-51)60-30-17-31-65-64-29-10-14-35-71(64)76-72(60)65)57-42-38-50(39-43-57)52-19-16-25-58(47-52)75-69-33-12-8-27-62(69)63-28-9-13-34-70(63)75/h1-48H. The van der Waals surface area contributed by atoms with E-state index in [1.165, 1.54) is 103 Å². The van der Waals surface area contributed by atoms with Gasteiger partial charge in [-0.1, -0.05) is 218 Å². The maximum Gasteiger partial charge on any atom is 0.0713 e. The quantitative estimate of drug-likeness (QED) is 0.140. The minimum atomic E-state index is -0.480. The molecule has 0 atom stereocenters. The van der Waals surface area contributed by atoms with Crippen LogP contribution in [0.4, 0.5) is 17.1 Å². The van der Waals surface area contributed by atoms with Crippen LogP contribution in [0.25, 0.3) is 92.2 Å². The van der Waals surface area contributed by atoms with Crippen molar-refractivity contribution in [3.63, 3.8) is 0 Å². The first-order valence-electron chi connectivity index (χ1n) is 26.1. The summed E-state index contributed by atoms with van der Waals surface area (Å²) in [5, 5.41) is 5.15. The Labute approximate surface area is 446 Å². The first-order chi connectivity index (χ1) is 37.7. The van der Waals surface area contributed by atoms with Gasteiger partial charge < -0.3 is 9.47 Å². The number of hydrogen-bond donors (Lipinski definition) is 0. The van der Waals surface area contributed by atoms with Crippen LogP contribution in [-0.4, -0.2) is 4.57 Å². The van der Waals surface area contributed by atoms with Crippen molar-refractivity contribution in [3.8, 4) is 50.2 Å². The number of fused-ring (bicyclic) bond motifs is 9. The lowest BCUT2D eigenvalue weighted by molar-refractivity contribution is 0.768. The molecular weight excluding hydrogens is 937 g/mol. The third-order valence-electron chi connectivity index (χ3n) is 15.9. The lowest BCUT2D eigenvalue weighted by atomic mass is 9.68. The van der Waals surface area contributed by atoms with Gasteiger partial charge in [-0.15, -0.1) is 11.3 Å². The van der Waals surface area contributed by atoms with Gasteiger partial charge in [0.2, 0.25) is 0 Å². The zero-order valence-corrected chi connectivity index (χ0v) is 42.3. The fourth-order valence-corrected chi connectivity index (χ4v) is 13.7. The van der Waals surface area contributed by atoms with Crippen molar-refractivity contribution < 1.29 is 0 Å². The SMILES string of the molecule is c1ccc(C2(c3ccccc3)c3ccccc3-c3cc(N(c4ccc(-c5cccc(-c6cccc7c6sc6ccccc67)c5)cc4)c4ccc(-c5cccc(-n6c7ccccc7c7ccccc76)c5)cc4)ccc32)cc1. The molecular formula is C73H48N2S. The number of benzene rings is 12. The summed E-state index contributed by atoms with van der Waals surface area (Å²) < 4.78 is 5.04. The molecule has 3 heteroatoms. The molecule has 0 bridgehead atoms. The van der Waals surface area contributed by atoms with E-state index in [1.54, 1.807) is 0 Å². The van der Waals surface area contributed by atoms with E-state index >= 15 is 0 Å². The van der Waals surface area contributed by atoms with Crippen molar-refractivity contribution in [2.24, 2.45) is 0 Å². The monoisotopic (exact) mass is 984 g/mol. The second-order valence-electron chi connectivity index (χ2n) is 20.0. The predicted octanol–water partition coefficient (Wildman–Crippen LogP) is 20.0. The fraction of sp³-hybridized carbons (Fsp3) is 0.0137. The average Bonchev–Trinajstić information content (AvgIpc) is 4.33. The number of para-hydroxylation sites is 2. The van der Waals surface area contributed by atoms with E-state index in [0.29, 0.717) is 0 Å². The summed E-state index contributed by atoms with van der Waals surface area (Å²) in [6, 6.07) is 107. The van der Waals surface area contributed by atoms with Crippen LogP contribution < -0.4 is 4.90 Å². The highest BCUT2D eigenvalue weighted by molar-refractivity contribution is 7.26. The van der Waals surface area contributed by atoms with E-state index in [9.17, 15) is 0 Å². The summed E-state index contributed by atoms with van der Waals surface area (Å²) in [5.74, 6) is 0. The second kappa shape index (κ2) is 17.8. The molecule has 0 fully saturated rings. The number of hydrogen-bond acceptors (Lipinski definition) is 2. The van der Waals surface area contributed by atoms with Crippen LogP contribution in [0.5, 0.6) is 0 Å². The Kier molecular flexibility index (Phi) is 10.3. The van der Waals surface area contributed by atoms with Gasteiger partial charge in [0.25, 0.3) is 0 Å². The van der Waals surface area contributed by atoms with Crippen LogP contribution in [0, 0.1) is 0 Å². The summed E-state index contributed by atoms with van der Waals surface area (Å²) >= 11 is 1.88. The minimum absolute atomic E-state index is 0.480. The maximum atomic E-state index is 2.43. The smallest absolute Gasteiger partial charge is 0.0713 e. The summed E-state index contributed by atoms with van der Waals surface area (Å²) in [5.41, 5.74) is 21.1. The second-order valence-corrected chi connectivity index (χ2v) is 21.0. The lowest BCUT2D eigenvalue weighted by Gasteiger charge is -2.34. The van der Waals surface area contributed by atoms with Gasteiger partial charge in [-0.25, -0.2) is 0 Å². The van der Waals surface area contributed by atoms with E-state index in [1.807, 2.05) is 11.3 Å². The molecule has 1 aliphatic carbocycles. The highest BCUT2D eigenvalue weighted by Crippen LogP contribution is 2.57. The highest BCUT2D eigenvalue weighted by atomic mass is 32.1. The topological polar surface area (TPSA) is 8.17 Å². The van der Waals surface area contributed by atoms with E-state index in [-0.39, 0.29) is 0 Å². The predicted molar refractivity (Wildman–Crippen MR) is 322 cm³/mol. The van der Waals surface area contributed by atoms with Crippen LogP contribution in [-0.2, 0) is 5.41 Å². The van der Waals surface area contributed by atoms with Gasteiger partial charge in [0, 0.05) is 53.7 Å². The van der Waals surface area contributed by atoms with Crippen LogP contribution in [0.2, 0.25) is 0 Å². The van der Waals surface area contributed by atoms with Crippen LogP contribution >= 0.6 is 11.3 Å². The van der Waals surface area contributed by atoms with Crippen molar-refractivity contribution in [1.29, 1.82) is 0 Å². The zero-order valence-electron chi connectivity index (χ0n) is 41.5. The summed E-state index contributed by atoms with van der Waals surface area (Å²) in [4.78, 5) is 2.43. The molecule has 2 aromatic heterocycles. The highest BCUT2D eigenvalue weighted by Gasteiger charge is 2.46. The van der Waals surface area contributed by atoms with Crippen LogP contribution in [0.15, 0.2) is 291 Å². The zero-order chi connectivity index (χ0) is 50.2. The third-order valence-corrected chi connectivity index (χ3v) is 17.1. The van der Waals surface area contributed by atoms with E-state index in [4.69, 9.17) is 0 Å². The average molecular weight is 985 g/mol. The maximum absolute atomic E-state index is 2.43. The molecule has 0 amide bonds. The Hall–Kier alpha value is -9.54. The normalized spacial score (nSPS) is 12.6. The molecule has 0 unspecified atom stereocenters. The van der Waals surface area contributed by atoms with Crippen molar-refractivity contribution in [1.82, 2.24) is 4.57 Å². The number of thiophene rings is 1. The summed E-state index contributed by atoms with van der Waals surface area (Å²) in [6.07, 6.45) is 0. The molecule has 0 aliphatic heterocycles. The van der Waals surface area contributed by atoms with Gasteiger partial charge in [0.1, 0.15) is 0 Å². The Balaban J connectivity index is 0.851. The van der Waals surface area contributed by atoms with Gasteiger partial charge in [-0.3, -0.25) is 0 Å².